The van der Waals surface area contributed by atoms with Crippen molar-refractivity contribution < 1.29 is 18.7 Å². The number of hydrogen-bond donors (Lipinski definition) is 0. The van der Waals surface area contributed by atoms with Gasteiger partial charge in [0.1, 0.15) is 11.3 Å². The van der Waals surface area contributed by atoms with Crippen LogP contribution in [0.1, 0.15) is 24.8 Å². The molecule has 1 fully saturated rings. The first-order chi connectivity index (χ1) is 11.3. The zero-order chi connectivity index (χ0) is 16.1. The molecule has 1 aliphatic rings. The van der Waals surface area contributed by atoms with Gasteiger partial charge in [0.15, 0.2) is 0 Å². The van der Waals surface area contributed by atoms with E-state index in [0.717, 1.165) is 60.9 Å². The van der Waals surface area contributed by atoms with Gasteiger partial charge in [-0.3, -0.25) is 4.79 Å². The Bertz CT molecular complexity index is 648. The Hall–Kier alpha value is -2.01. The van der Waals surface area contributed by atoms with Crippen molar-refractivity contribution in [2.45, 2.75) is 31.7 Å². The maximum Gasteiger partial charge on any atom is 0.209 e. The summed E-state index contributed by atoms with van der Waals surface area (Å²) in [6.07, 6.45) is 6.55. The van der Waals surface area contributed by atoms with Gasteiger partial charge in [0.05, 0.1) is 18.3 Å². The van der Waals surface area contributed by atoms with E-state index < -0.39 is 0 Å². The van der Waals surface area contributed by atoms with Crippen molar-refractivity contribution in [2.75, 3.05) is 26.9 Å². The van der Waals surface area contributed by atoms with E-state index in [1.54, 1.807) is 13.4 Å². The second kappa shape index (κ2) is 7.51. The second-order valence-electron chi connectivity index (χ2n) is 5.95. The molecule has 1 amide bonds. The molecular formula is C18H23NO4. The number of fused-ring (bicyclic) bond motifs is 1. The van der Waals surface area contributed by atoms with Gasteiger partial charge >= 0.3 is 0 Å². The predicted octanol–water partition coefficient (Wildman–Crippen LogP) is 3.01. The van der Waals surface area contributed by atoms with Crippen LogP contribution in [0.5, 0.6) is 5.75 Å². The third-order valence-electron chi connectivity index (χ3n) is 4.15. The number of furan rings is 1. The summed E-state index contributed by atoms with van der Waals surface area (Å²) in [5, 5.41) is 0.987. The number of amides is 1. The highest BCUT2D eigenvalue weighted by atomic mass is 16.5. The van der Waals surface area contributed by atoms with Crippen molar-refractivity contribution in [1.29, 1.82) is 0 Å². The maximum atomic E-state index is 11.1. The van der Waals surface area contributed by atoms with Crippen LogP contribution in [-0.4, -0.2) is 44.2 Å². The highest BCUT2D eigenvalue weighted by Crippen LogP contribution is 2.30. The molecule has 1 saturated carbocycles. The molecule has 1 aromatic heterocycles. The standard InChI is InChI=1S/C18H23NO4/c1-21-8-2-9-22-17-11-14(12-18-16(17)6-10-23-18)5-7-19(13-20)15-3-4-15/h6,10-13,15H,2-5,7-9H2,1H3. The number of benzene rings is 1. The average Bonchev–Trinajstić information content (AvgIpc) is 3.29. The van der Waals surface area contributed by atoms with Crippen LogP contribution in [0.4, 0.5) is 0 Å². The van der Waals surface area contributed by atoms with Crippen LogP contribution < -0.4 is 4.74 Å². The van der Waals surface area contributed by atoms with Crippen molar-refractivity contribution in [3.05, 3.63) is 30.0 Å². The molecule has 1 aromatic carbocycles. The first-order valence-electron chi connectivity index (χ1n) is 8.14. The third kappa shape index (κ3) is 4.05. The van der Waals surface area contributed by atoms with E-state index in [1.165, 1.54) is 0 Å². The van der Waals surface area contributed by atoms with E-state index >= 15 is 0 Å². The summed E-state index contributed by atoms with van der Waals surface area (Å²) in [5.41, 5.74) is 1.95. The Morgan fingerprint density at radius 1 is 1.35 bits per heavy atom. The molecule has 3 rings (SSSR count). The van der Waals surface area contributed by atoms with Crippen LogP contribution in [-0.2, 0) is 16.0 Å². The number of nitrogens with zero attached hydrogens (tertiary/aromatic N) is 1. The summed E-state index contributed by atoms with van der Waals surface area (Å²) in [5.74, 6) is 0.839. The lowest BCUT2D eigenvalue weighted by Crippen LogP contribution is -2.26. The molecule has 0 N–H and O–H groups in total. The molecule has 124 valence electrons. The highest BCUT2D eigenvalue weighted by molar-refractivity contribution is 5.84. The Morgan fingerprint density at radius 2 is 2.22 bits per heavy atom. The zero-order valence-corrected chi connectivity index (χ0v) is 13.5. The van der Waals surface area contributed by atoms with Crippen molar-refractivity contribution in [3.63, 3.8) is 0 Å². The van der Waals surface area contributed by atoms with Crippen LogP contribution in [0.2, 0.25) is 0 Å². The fourth-order valence-electron chi connectivity index (χ4n) is 2.73. The molecule has 0 unspecified atom stereocenters. The minimum atomic E-state index is 0.449. The average molecular weight is 317 g/mol. The largest absolute Gasteiger partial charge is 0.493 e. The maximum absolute atomic E-state index is 11.1. The van der Waals surface area contributed by atoms with Crippen LogP contribution >= 0.6 is 0 Å². The normalized spacial score (nSPS) is 14.1. The molecule has 0 spiro atoms. The van der Waals surface area contributed by atoms with Gasteiger partial charge in [-0.1, -0.05) is 0 Å². The molecule has 5 nitrogen and oxygen atoms in total. The van der Waals surface area contributed by atoms with Crippen LogP contribution in [0, 0.1) is 0 Å². The molecule has 0 aliphatic heterocycles. The Morgan fingerprint density at radius 3 is 2.96 bits per heavy atom. The molecule has 0 bridgehead atoms. The van der Waals surface area contributed by atoms with E-state index in [2.05, 4.69) is 6.07 Å². The van der Waals surface area contributed by atoms with E-state index in [0.29, 0.717) is 19.3 Å². The Kier molecular flexibility index (Phi) is 5.18. The highest BCUT2D eigenvalue weighted by Gasteiger charge is 2.27. The van der Waals surface area contributed by atoms with Crippen molar-refractivity contribution in [2.24, 2.45) is 0 Å². The van der Waals surface area contributed by atoms with E-state index in [9.17, 15) is 4.79 Å². The number of methoxy groups -OCH3 is 1. The van der Waals surface area contributed by atoms with Crippen molar-refractivity contribution >= 4 is 17.4 Å². The minimum absolute atomic E-state index is 0.449. The van der Waals surface area contributed by atoms with Crippen LogP contribution in [0.15, 0.2) is 28.9 Å². The molecule has 23 heavy (non-hydrogen) atoms. The summed E-state index contributed by atoms with van der Waals surface area (Å²) in [4.78, 5) is 13.0. The molecule has 5 heteroatoms. The first-order valence-corrected chi connectivity index (χ1v) is 8.14. The SMILES string of the molecule is COCCCOc1cc(CCN(C=O)C2CC2)cc2occc12. The van der Waals surface area contributed by atoms with Gasteiger partial charge in [0.25, 0.3) is 0 Å². The van der Waals surface area contributed by atoms with Crippen LogP contribution in [0.3, 0.4) is 0 Å². The third-order valence-corrected chi connectivity index (χ3v) is 4.15. The number of ether oxygens (including phenoxy) is 2. The molecular weight excluding hydrogens is 294 g/mol. The van der Waals surface area contributed by atoms with Gasteiger partial charge < -0.3 is 18.8 Å². The summed E-state index contributed by atoms with van der Waals surface area (Å²) in [6, 6.07) is 6.46. The zero-order valence-electron chi connectivity index (χ0n) is 13.5. The number of carbonyl (C=O) groups is 1. The van der Waals surface area contributed by atoms with Gasteiger partial charge in [-0.05, 0) is 43.0 Å². The lowest BCUT2D eigenvalue weighted by Gasteiger charge is -2.16. The topological polar surface area (TPSA) is 51.9 Å². The molecule has 1 aliphatic carbocycles. The summed E-state index contributed by atoms with van der Waals surface area (Å²) in [6.45, 7) is 2.04. The van der Waals surface area contributed by atoms with Gasteiger partial charge in [-0.15, -0.1) is 0 Å². The van der Waals surface area contributed by atoms with Gasteiger partial charge in [-0.25, -0.2) is 0 Å². The quantitative estimate of drug-likeness (QED) is 0.499. The van der Waals surface area contributed by atoms with Crippen molar-refractivity contribution in [1.82, 2.24) is 4.90 Å². The molecule has 0 radical (unpaired) electrons. The summed E-state index contributed by atoms with van der Waals surface area (Å²) in [7, 11) is 1.69. The summed E-state index contributed by atoms with van der Waals surface area (Å²) < 4.78 is 16.5. The fraction of sp³-hybridized carbons (Fsp3) is 0.500. The Labute approximate surface area is 136 Å². The number of rotatable bonds is 10. The van der Waals surface area contributed by atoms with Gasteiger partial charge in [-0.2, -0.15) is 0 Å². The lowest BCUT2D eigenvalue weighted by atomic mass is 10.1. The molecule has 2 aromatic rings. The smallest absolute Gasteiger partial charge is 0.209 e. The minimum Gasteiger partial charge on any atom is -0.493 e. The van der Waals surface area contributed by atoms with Crippen LogP contribution in [0.25, 0.3) is 11.0 Å². The van der Waals surface area contributed by atoms with Gasteiger partial charge in [0, 0.05) is 32.7 Å². The van der Waals surface area contributed by atoms with E-state index in [-0.39, 0.29) is 0 Å². The molecule has 0 saturated heterocycles. The molecule has 1 heterocycles. The second-order valence-corrected chi connectivity index (χ2v) is 5.95. The fourth-order valence-corrected chi connectivity index (χ4v) is 2.73. The lowest BCUT2D eigenvalue weighted by molar-refractivity contribution is -0.118. The first kappa shape index (κ1) is 15.9. The van der Waals surface area contributed by atoms with Crippen molar-refractivity contribution in [3.8, 4) is 5.75 Å². The predicted molar refractivity (Wildman–Crippen MR) is 87.7 cm³/mol. The number of carbonyl (C=O) groups excluding carboxylic acids is 1. The van der Waals surface area contributed by atoms with Gasteiger partial charge in [0.2, 0.25) is 6.41 Å². The Balaban J connectivity index is 1.68. The van der Waals surface area contributed by atoms with E-state index in [1.807, 2.05) is 17.0 Å². The summed E-state index contributed by atoms with van der Waals surface area (Å²) >= 11 is 0. The monoisotopic (exact) mass is 317 g/mol. The number of hydrogen-bond acceptors (Lipinski definition) is 4. The van der Waals surface area contributed by atoms with E-state index in [4.69, 9.17) is 13.9 Å². The molecule has 0 atom stereocenters.